The van der Waals surface area contributed by atoms with Crippen LogP contribution in [0.1, 0.15) is 18.6 Å². The van der Waals surface area contributed by atoms with Gasteiger partial charge in [0.05, 0.1) is 6.10 Å². The average molecular weight is 170 g/mol. The van der Waals surface area contributed by atoms with E-state index < -0.39 is 23.4 Å². The Morgan fingerprint density at radius 1 is 1.08 bits per heavy atom. The summed E-state index contributed by atoms with van der Waals surface area (Å²) in [5, 5.41) is 36.0. The first kappa shape index (κ1) is 8.67. The Balaban J connectivity index is 3.21. The molecule has 1 aromatic rings. The van der Waals surface area contributed by atoms with Crippen LogP contribution in [-0.2, 0) is 0 Å². The fourth-order valence-electron chi connectivity index (χ4n) is 0.867. The molecule has 1 atom stereocenters. The highest BCUT2D eigenvalue weighted by molar-refractivity contribution is 5.51. The zero-order chi connectivity index (χ0) is 9.30. The normalized spacial score (nSPS) is 12.8. The van der Waals surface area contributed by atoms with E-state index in [1.807, 2.05) is 0 Å². The van der Waals surface area contributed by atoms with Crippen LogP contribution in [0.2, 0.25) is 0 Å². The third kappa shape index (κ3) is 1.43. The largest absolute Gasteiger partial charge is 0.504 e. The Morgan fingerprint density at radius 3 is 1.83 bits per heavy atom. The highest BCUT2D eigenvalue weighted by Crippen LogP contribution is 2.36. The maximum absolute atomic E-state index is 9.06. The van der Waals surface area contributed by atoms with E-state index in [-0.39, 0.29) is 0 Å². The quantitative estimate of drug-likeness (QED) is 0.471. The standard InChI is InChI=1S/C8H10O4/c1-4(9)5-2-6(10)8(12)7(11)3-5/h2-4,9-12H,1H3/t4-/m0/s1. The molecule has 4 heteroatoms. The SMILES string of the molecule is C[C@H](O)c1cc(O)c(O)c(O)c1. The third-order valence-electron chi connectivity index (χ3n) is 1.57. The van der Waals surface area contributed by atoms with E-state index in [0.29, 0.717) is 5.56 Å². The van der Waals surface area contributed by atoms with Crippen molar-refractivity contribution in [2.75, 3.05) is 0 Å². The summed E-state index contributed by atoms with van der Waals surface area (Å²) in [5.41, 5.74) is 0.350. The zero-order valence-electron chi connectivity index (χ0n) is 6.52. The third-order valence-corrected chi connectivity index (χ3v) is 1.57. The van der Waals surface area contributed by atoms with Gasteiger partial charge in [0, 0.05) is 0 Å². The lowest BCUT2D eigenvalue weighted by molar-refractivity contribution is 0.198. The van der Waals surface area contributed by atoms with Gasteiger partial charge in [-0.15, -0.1) is 0 Å². The molecule has 12 heavy (non-hydrogen) atoms. The number of hydrogen-bond donors (Lipinski definition) is 4. The Morgan fingerprint density at radius 2 is 1.50 bits per heavy atom. The van der Waals surface area contributed by atoms with Crippen LogP contribution in [0.5, 0.6) is 17.2 Å². The minimum atomic E-state index is -0.789. The van der Waals surface area contributed by atoms with E-state index in [1.165, 1.54) is 19.1 Å². The monoisotopic (exact) mass is 170 g/mol. The number of aliphatic hydroxyl groups is 1. The van der Waals surface area contributed by atoms with Crippen molar-refractivity contribution in [1.82, 2.24) is 0 Å². The van der Waals surface area contributed by atoms with Crippen molar-refractivity contribution in [3.63, 3.8) is 0 Å². The first-order valence-corrected chi connectivity index (χ1v) is 3.45. The molecule has 1 rings (SSSR count). The highest BCUT2D eigenvalue weighted by Gasteiger charge is 2.10. The molecule has 0 amide bonds. The molecule has 0 aromatic heterocycles. The van der Waals surface area contributed by atoms with Crippen molar-refractivity contribution < 1.29 is 20.4 Å². The van der Waals surface area contributed by atoms with Gasteiger partial charge < -0.3 is 20.4 Å². The lowest BCUT2D eigenvalue weighted by atomic mass is 10.1. The predicted octanol–water partition coefficient (Wildman–Crippen LogP) is 0.857. The van der Waals surface area contributed by atoms with Crippen LogP contribution in [0.4, 0.5) is 0 Å². The van der Waals surface area contributed by atoms with E-state index in [1.54, 1.807) is 0 Å². The Labute approximate surface area is 69.3 Å². The molecule has 0 aliphatic heterocycles. The molecule has 0 aliphatic rings. The summed E-state index contributed by atoms with van der Waals surface area (Å²) in [6.07, 6.45) is -0.789. The molecule has 0 heterocycles. The second-order valence-electron chi connectivity index (χ2n) is 2.58. The van der Waals surface area contributed by atoms with Gasteiger partial charge in [-0.05, 0) is 24.6 Å². The number of aliphatic hydroxyl groups excluding tert-OH is 1. The van der Waals surface area contributed by atoms with Crippen LogP contribution in [0, 0.1) is 0 Å². The molecule has 0 bridgehead atoms. The van der Waals surface area contributed by atoms with E-state index in [9.17, 15) is 0 Å². The van der Waals surface area contributed by atoms with Crippen molar-refractivity contribution >= 4 is 0 Å². The van der Waals surface area contributed by atoms with Gasteiger partial charge >= 0.3 is 0 Å². The molecule has 4 N–H and O–H groups in total. The summed E-state index contributed by atoms with van der Waals surface area (Å²) < 4.78 is 0. The van der Waals surface area contributed by atoms with Crippen LogP contribution in [0.3, 0.4) is 0 Å². The van der Waals surface area contributed by atoms with Crippen LogP contribution < -0.4 is 0 Å². The summed E-state index contributed by atoms with van der Waals surface area (Å²) >= 11 is 0. The van der Waals surface area contributed by atoms with Gasteiger partial charge in [-0.3, -0.25) is 0 Å². The van der Waals surface area contributed by atoms with Crippen molar-refractivity contribution in [1.29, 1.82) is 0 Å². The highest BCUT2D eigenvalue weighted by atomic mass is 16.3. The second kappa shape index (κ2) is 2.91. The van der Waals surface area contributed by atoms with Gasteiger partial charge in [-0.25, -0.2) is 0 Å². The number of phenolic OH excluding ortho intramolecular Hbond substituents is 3. The topological polar surface area (TPSA) is 80.9 Å². The molecule has 1 aromatic carbocycles. The van der Waals surface area contributed by atoms with Crippen molar-refractivity contribution in [3.05, 3.63) is 17.7 Å². The van der Waals surface area contributed by atoms with Gasteiger partial charge in [0.2, 0.25) is 0 Å². The Bertz CT molecular complexity index is 270. The van der Waals surface area contributed by atoms with E-state index >= 15 is 0 Å². The molecule has 0 spiro atoms. The summed E-state index contributed by atoms with van der Waals surface area (Å²) in [7, 11) is 0. The molecule has 0 aliphatic carbocycles. The second-order valence-corrected chi connectivity index (χ2v) is 2.58. The van der Waals surface area contributed by atoms with Gasteiger partial charge in [-0.1, -0.05) is 0 Å². The lowest BCUT2D eigenvalue weighted by Crippen LogP contribution is -1.90. The predicted molar refractivity (Wildman–Crippen MR) is 42.1 cm³/mol. The van der Waals surface area contributed by atoms with Crippen LogP contribution >= 0.6 is 0 Å². The average Bonchev–Trinajstić information content (AvgIpc) is 1.99. The minimum Gasteiger partial charge on any atom is -0.504 e. The van der Waals surface area contributed by atoms with E-state index in [4.69, 9.17) is 20.4 Å². The van der Waals surface area contributed by atoms with Gasteiger partial charge in [-0.2, -0.15) is 0 Å². The number of phenols is 3. The van der Waals surface area contributed by atoms with Crippen molar-refractivity contribution in [2.24, 2.45) is 0 Å². The molecular formula is C8H10O4. The van der Waals surface area contributed by atoms with Crippen LogP contribution in [0.15, 0.2) is 12.1 Å². The fourth-order valence-corrected chi connectivity index (χ4v) is 0.867. The first-order chi connectivity index (χ1) is 5.52. The Kier molecular flexibility index (Phi) is 2.10. The maximum Gasteiger partial charge on any atom is 0.200 e. The number of benzene rings is 1. The van der Waals surface area contributed by atoms with E-state index in [0.717, 1.165) is 0 Å². The smallest absolute Gasteiger partial charge is 0.200 e. The maximum atomic E-state index is 9.06. The summed E-state index contributed by atoms with van der Waals surface area (Å²) in [5.74, 6) is -1.45. The molecule has 4 nitrogen and oxygen atoms in total. The molecule has 66 valence electrons. The van der Waals surface area contributed by atoms with Crippen LogP contribution in [-0.4, -0.2) is 20.4 Å². The number of rotatable bonds is 1. The zero-order valence-corrected chi connectivity index (χ0v) is 6.52. The van der Waals surface area contributed by atoms with Gasteiger partial charge in [0.25, 0.3) is 0 Å². The summed E-state index contributed by atoms with van der Waals surface area (Å²) in [4.78, 5) is 0. The van der Waals surface area contributed by atoms with Crippen LogP contribution in [0.25, 0.3) is 0 Å². The molecule has 0 unspecified atom stereocenters. The van der Waals surface area contributed by atoms with Gasteiger partial charge in [0.1, 0.15) is 0 Å². The molecule has 0 radical (unpaired) electrons. The lowest BCUT2D eigenvalue weighted by Gasteiger charge is -2.07. The minimum absolute atomic E-state index is 0.350. The fraction of sp³-hybridized carbons (Fsp3) is 0.250. The first-order valence-electron chi connectivity index (χ1n) is 3.45. The van der Waals surface area contributed by atoms with Crippen molar-refractivity contribution in [3.8, 4) is 17.2 Å². The van der Waals surface area contributed by atoms with E-state index in [2.05, 4.69) is 0 Å². The molecule has 0 saturated heterocycles. The molecule has 0 saturated carbocycles. The number of hydrogen-bond acceptors (Lipinski definition) is 4. The summed E-state index contributed by atoms with van der Waals surface area (Å²) in [6.45, 7) is 1.49. The molecular weight excluding hydrogens is 160 g/mol. The molecule has 0 fully saturated rings. The number of aromatic hydroxyl groups is 3. The van der Waals surface area contributed by atoms with Crippen molar-refractivity contribution in [2.45, 2.75) is 13.0 Å². The Hall–Kier alpha value is -1.42. The van der Waals surface area contributed by atoms with Gasteiger partial charge in [0.15, 0.2) is 17.2 Å². The summed E-state index contributed by atoms with van der Waals surface area (Å²) in [6, 6.07) is 2.39.